The highest BCUT2D eigenvalue weighted by Crippen LogP contribution is 1.93. The van der Waals surface area contributed by atoms with E-state index in [1.54, 1.807) is 12.3 Å². The van der Waals surface area contributed by atoms with Gasteiger partial charge in [-0.15, -0.1) is 0 Å². The van der Waals surface area contributed by atoms with Gasteiger partial charge in [-0.1, -0.05) is 13.8 Å². The zero-order valence-electron chi connectivity index (χ0n) is 10.2. The Labute approximate surface area is 96.5 Å². The molecule has 0 saturated carbocycles. The molecule has 1 atom stereocenters. The van der Waals surface area contributed by atoms with E-state index in [1.807, 2.05) is 6.07 Å². The molecule has 4 heteroatoms. The van der Waals surface area contributed by atoms with Crippen LogP contribution in [0.5, 0.6) is 0 Å². The zero-order chi connectivity index (χ0) is 12.0. The third-order valence-corrected chi connectivity index (χ3v) is 2.33. The van der Waals surface area contributed by atoms with Crippen molar-refractivity contribution < 1.29 is 0 Å². The van der Waals surface area contributed by atoms with Gasteiger partial charge in [0.2, 0.25) is 5.56 Å². The molecule has 0 saturated heterocycles. The first-order valence-electron chi connectivity index (χ1n) is 5.72. The summed E-state index contributed by atoms with van der Waals surface area (Å²) in [5, 5.41) is 6.73. The second-order valence-electron chi connectivity index (χ2n) is 4.41. The monoisotopic (exact) mass is 223 g/mol. The van der Waals surface area contributed by atoms with E-state index in [1.165, 1.54) is 0 Å². The second-order valence-corrected chi connectivity index (χ2v) is 4.41. The minimum Gasteiger partial charge on any atom is -0.329 e. The van der Waals surface area contributed by atoms with E-state index in [0.717, 1.165) is 18.7 Å². The lowest BCUT2D eigenvalue weighted by Crippen LogP contribution is -2.38. The number of hydrogen-bond donors (Lipinski definition) is 3. The van der Waals surface area contributed by atoms with Gasteiger partial charge in [-0.2, -0.15) is 0 Å². The van der Waals surface area contributed by atoms with Crippen LogP contribution in [0.3, 0.4) is 0 Å². The van der Waals surface area contributed by atoms with Gasteiger partial charge in [0.1, 0.15) is 0 Å². The first-order valence-corrected chi connectivity index (χ1v) is 5.72. The van der Waals surface area contributed by atoms with Gasteiger partial charge in [0, 0.05) is 37.4 Å². The minimum absolute atomic E-state index is 0.0488. The fraction of sp³-hybridized carbons (Fsp3) is 0.583. The highest BCUT2D eigenvalue weighted by Gasteiger charge is 2.02. The summed E-state index contributed by atoms with van der Waals surface area (Å²) in [6.45, 7) is 8.04. The average Bonchev–Trinajstić information content (AvgIpc) is 2.23. The normalized spacial score (nSPS) is 13.0. The van der Waals surface area contributed by atoms with Gasteiger partial charge in [-0.3, -0.25) is 4.79 Å². The largest absolute Gasteiger partial charge is 0.329 e. The lowest BCUT2D eigenvalue weighted by molar-refractivity contribution is 0.474. The molecule has 0 bridgehead atoms. The number of pyridine rings is 1. The Morgan fingerprint density at radius 2 is 2.06 bits per heavy atom. The molecule has 3 N–H and O–H groups in total. The van der Waals surface area contributed by atoms with Crippen LogP contribution >= 0.6 is 0 Å². The molecule has 1 unspecified atom stereocenters. The van der Waals surface area contributed by atoms with E-state index in [0.29, 0.717) is 12.1 Å². The number of H-pyrrole nitrogens is 1. The molecular weight excluding hydrogens is 202 g/mol. The van der Waals surface area contributed by atoms with Crippen LogP contribution in [0, 0.1) is 0 Å². The van der Waals surface area contributed by atoms with Crippen LogP contribution in [-0.2, 0) is 6.54 Å². The molecule has 0 aromatic carbocycles. The van der Waals surface area contributed by atoms with Crippen LogP contribution in [0.15, 0.2) is 23.1 Å². The number of aromatic amines is 1. The van der Waals surface area contributed by atoms with Gasteiger partial charge in [-0.25, -0.2) is 0 Å². The molecule has 1 aromatic rings. The highest BCUT2D eigenvalue weighted by molar-refractivity contribution is 5.09. The summed E-state index contributed by atoms with van der Waals surface area (Å²) < 4.78 is 0. The number of nitrogens with one attached hydrogen (secondary N) is 3. The number of aromatic nitrogens is 1. The minimum atomic E-state index is -0.0488. The first-order chi connectivity index (χ1) is 7.58. The molecule has 1 aromatic heterocycles. The van der Waals surface area contributed by atoms with Crippen molar-refractivity contribution in [1.29, 1.82) is 0 Å². The van der Waals surface area contributed by atoms with E-state index in [-0.39, 0.29) is 5.56 Å². The predicted octanol–water partition coefficient (Wildman–Crippen LogP) is 0.851. The Balaban J connectivity index is 2.31. The molecule has 90 valence electrons. The fourth-order valence-electron chi connectivity index (χ4n) is 1.38. The summed E-state index contributed by atoms with van der Waals surface area (Å²) in [5.74, 6) is 0. The van der Waals surface area contributed by atoms with E-state index < -0.39 is 0 Å². The molecule has 0 spiro atoms. The molecule has 0 aliphatic rings. The van der Waals surface area contributed by atoms with Crippen molar-refractivity contribution >= 4 is 0 Å². The lowest BCUT2D eigenvalue weighted by Gasteiger charge is -2.16. The standard InChI is InChI=1S/C12H21N3O/c1-9(2)14-7-10(3)15-8-11-4-5-13-12(16)6-11/h4-6,9-10,14-15H,7-8H2,1-3H3,(H,13,16). The van der Waals surface area contributed by atoms with E-state index in [2.05, 4.69) is 36.4 Å². The molecule has 1 rings (SSSR count). The molecule has 4 nitrogen and oxygen atoms in total. The Morgan fingerprint density at radius 1 is 1.31 bits per heavy atom. The topological polar surface area (TPSA) is 56.9 Å². The summed E-state index contributed by atoms with van der Waals surface area (Å²) in [6.07, 6.45) is 1.68. The van der Waals surface area contributed by atoms with Crippen molar-refractivity contribution in [3.05, 3.63) is 34.2 Å². The summed E-state index contributed by atoms with van der Waals surface area (Å²) in [7, 11) is 0. The molecular formula is C12H21N3O. The van der Waals surface area contributed by atoms with Gasteiger partial charge in [0.05, 0.1) is 0 Å². The molecule has 0 fully saturated rings. The second kappa shape index (κ2) is 6.45. The Morgan fingerprint density at radius 3 is 2.69 bits per heavy atom. The van der Waals surface area contributed by atoms with Crippen molar-refractivity contribution in [1.82, 2.24) is 15.6 Å². The van der Waals surface area contributed by atoms with Crippen molar-refractivity contribution in [2.24, 2.45) is 0 Å². The zero-order valence-corrected chi connectivity index (χ0v) is 10.2. The maximum Gasteiger partial charge on any atom is 0.248 e. The van der Waals surface area contributed by atoms with Crippen LogP contribution in [-0.4, -0.2) is 23.6 Å². The third-order valence-electron chi connectivity index (χ3n) is 2.33. The van der Waals surface area contributed by atoms with Crippen LogP contribution in [0.1, 0.15) is 26.3 Å². The molecule has 0 aliphatic heterocycles. The smallest absolute Gasteiger partial charge is 0.248 e. The SMILES string of the molecule is CC(C)NCC(C)NCc1cc[nH]c(=O)c1. The van der Waals surface area contributed by atoms with Crippen LogP contribution < -0.4 is 16.2 Å². The lowest BCUT2D eigenvalue weighted by atomic mass is 10.2. The molecule has 0 aliphatic carbocycles. The summed E-state index contributed by atoms with van der Waals surface area (Å²) in [5.41, 5.74) is 0.965. The van der Waals surface area contributed by atoms with Gasteiger partial charge in [0.25, 0.3) is 0 Å². The maximum atomic E-state index is 11.1. The third kappa shape index (κ3) is 5.09. The van der Waals surface area contributed by atoms with E-state index in [9.17, 15) is 4.79 Å². The van der Waals surface area contributed by atoms with E-state index >= 15 is 0 Å². The van der Waals surface area contributed by atoms with Crippen molar-refractivity contribution in [2.45, 2.75) is 39.4 Å². The summed E-state index contributed by atoms with van der Waals surface area (Å²) in [6, 6.07) is 4.43. The summed E-state index contributed by atoms with van der Waals surface area (Å²) >= 11 is 0. The quantitative estimate of drug-likeness (QED) is 0.670. The van der Waals surface area contributed by atoms with Crippen LogP contribution in [0.2, 0.25) is 0 Å². The number of hydrogen-bond acceptors (Lipinski definition) is 3. The molecule has 1 heterocycles. The molecule has 0 radical (unpaired) electrons. The van der Waals surface area contributed by atoms with Crippen molar-refractivity contribution in [3.8, 4) is 0 Å². The first kappa shape index (κ1) is 12.9. The predicted molar refractivity (Wildman–Crippen MR) is 66.5 cm³/mol. The van der Waals surface area contributed by atoms with Gasteiger partial charge in [-0.05, 0) is 18.6 Å². The Bertz CT molecular complexity index is 359. The van der Waals surface area contributed by atoms with Crippen LogP contribution in [0.25, 0.3) is 0 Å². The Kier molecular flexibility index (Phi) is 5.22. The average molecular weight is 223 g/mol. The Hall–Kier alpha value is -1.13. The molecule has 0 amide bonds. The van der Waals surface area contributed by atoms with Crippen molar-refractivity contribution in [3.63, 3.8) is 0 Å². The highest BCUT2D eigenvalue weighted by atomic mass is 16.1. The van der Waals surface area contributed by atoms with E-state index in [4.69, 9.17) is 0 Å². The van der Waals surface area contributed by atoms with Gasteiger partial charge in [0.15, 0.2) is 0 Å². The summed E-state index contributed by atoms with van der Waals surface area (Å²) in [4.78, 5) is 13.7. The number of rotatable bonds is 6. The fourth-order valence-corrected chi connectivity index (χ4v) is 1.38. The van der Waals surface area contributed by atoms with Gasteiger partial charge < -0.3 is 15.6 Å². The molecule has 16 heavy (non-hydrogen) atoms. The van der Waals surface area contributed by atoms with Crippen LogP contribution in [0.4, 0.5) is 0 Å². The van der Waals surface area contributed by atoms with Crippen molar-refractivity contribution in [2.75, 3.05) is 6.54 Å². The maximum absolute atomic E-state index is 11.1. The van der Waals surface area contributed by atoms with Gasteiger partial charge >= 0.3 is 0 Å².